The molecule has 0 saturated heterocycles. The third-order valence-corrected chi connectivity index (χ3v) is 2.23. The molecular weight excluding hydrogens is 144 g/mol. The molecule has 0 bridgehead atoms. The average molecular weight is 154 g/mol. The van der Waals surface area contributed by atoms with E-state index in [9.17, 15) is 4.79 Å². The highest BCUT2D eigenvalue weighted by Gasteiger charge is 2.00. The Morgan fingerprint density at radius 2 is 2.60 bits per heavy atom. The highest BCUT2D eigenvalue weighted by Crippen LogP contribution is 2.12. The monoisotopic (exact) mass is 154 g/mol. The summed E-state index contributed by atoms with van der Waals surface area (Å²) in [6, 6.07) is 4.07. The number of hydrogen-bond donors (Lipinski definition) is 0. The fourth-order valence-electron chi connectivity index (χ4n) is 0.794. The van der Waals surface area contributed by atoms with Gasteiger partial charge in [-0.05, 0) is 17.9 Å². The summed E-state index contributed by atoms with van der Waals surface area (Å²) in [6.45, 7) is 1.94. The summed E-state index contributed by atoms with van der Waals surface area (Å²) in [5.41, 5.74) is 0. The van der Waals surface area contributed by atoms with E-state index < -0.39 is 0 Å². The lowest BCUT2D eigenvalue weighted by atomic mass is 10.1. The second-order valence-electron chi connectivity index (χ2n) is 2.40. The zero-order chi connectivity index (χ0) is 7.40. The third kappa shape index (κ3) is 1.95. The van der Waals surface area contributed by atoms with Crippen molar-refractivity contribution in [1.29, 1.82) is 0 Å². The van der Waals surface area contributed by atoms with Crippen molar-refractivity contribution in [3.63, 3.8) is 0 Å². The number of aldehydes is 1. The fourth-order valence-corrected chi connectivity index (χ4v) is 1.64. The van der Waals surface area contributed by atoms with Crippen molar-refractivity contribution in [2.75, 3.05) is 0 Å². The van der Waals surface area contributed by atoms with E-state index in [2.05, 4.69) is 6.07 Å². The topological polar surface area (TPSA) is 17.1 Å². The van der Waals surface area contributed by atoms with Gasteiger partial charge in [-0.15, -0.1) is 11.3 Å². The second-order valence-corrected chi connectivity index (χ2v) is 3.43. The molecule has 0 fully saturated rings. The first kappa shape index (κ1) is 7.48. The summed E-state index contributed by atoms with van der Waals surface area (Å²) < 4.78 is 0. The molecule has 0 N–H and O–H groups in total. The van der Waals surface area contributed by atoms with Gasteiger partial charge in [-0.2, -0.15) is 0 Å². The predicted molar refractivity (Wildman–Crippen MR) is 43.3 cm³/mol. The van der Waals surface area contributed by atoms with Crippen molar-refractivity contribution >= 4 is 17.6 Å². The van der Waals surface area contributed by atoms with Crippen molar-refractivity contribution in [3.8, 4) is 0 Å². The standard InChI is InChI=1S/C8H10OS/c1-7(6-9)5-8-3-2-4-10-8/h2-4,6-7H,5H2,1H3/t7-/m0/s1. The molecule has 0 unspecified atom stereocenters. The largest absolute Gasteiger partial charge is 0.303 e. The van der Waals surface area contributed by atoms with Gasteiger partial charge in [0.1, 0.15) is 6.29 Å². The van der Waals surface area contributed by atoms with Crippen LogP contribution >= 0.6 is 11.3 Å². The van der Waals surface area contributed by atoms with Gasteiger partial charge >= 0.3 is 0 Å². The van der Waals surface area contributed by atoms with Gasteiger partial charge in [0.2, 0.25) is 0 Å². The summed E-state index contributed by atoms with van der Waals surface area (Å²) in [5.74, 6) is 0.165. The zero-order valence-electron chi connectivity index (χ0n) is 5.91. The Balaban J connectivity index is 2.47. The lowest BCUT2D eigenvalue weighted by Crippen LogP contribution is -1.97. The zero-order valence-corrected chi connectivity index (χ0v) is 6.73. The lowest BCUT2D eigenvalue weighted by molar-refractivity contribution is -0.110. The smallest absolute Gasteiger partial charge is 0.123 e. The minimum Gasteiger partial charge on any atom is -0.303 e. The number of rotatable bonds is 3. The van der Waals surface area contributed by atoms with Gasteiger partial charge in [0, 0.05) is 10.8 Å². The van der Waals surface area contributed by atoms with E-state index in [-0.39, 0.29) is 5.92 Å². The highest BCUT2D eigenvalue weighted by molar-refractivity contribution is 7.09. The predicted octanol–water partition coefficient (Wildman–Crippen LogP) is 2.13. The minimum absolute atomic E-state index is 0.165. The van der Waals surface area contributed by atoms with E-state index in [0.717, 1.165) is 12.7 Å². The third-order valence-electron chi connectivity index (χ3n) is 1.34. The van der Waals surface area contributed by atoms with Gasteiger partial charge in [-0.1, -0.05) is 13.0 Å². The second kappa shape index (κ2) is 3.52. The summed E-state index contributed by atoms with van der Waals surface area (Å²) in [5, 5.41) is 2.03. The van der Waals surface area contributed by atoms with Crippen LogP contribution in [0.3, 0.4) is 0 Å². The average Bonchev–Trinajstić information content (AvgIpc) is 2.40. The molecule has 1 heterocycles. The summed E-state index contributed by atoms with van der Waals surface area (Å²) >= 11 is 1.71. The summed E-state index contributed by atoms with van der Waals surface area (Å²) in [7, 11) is 0. The molecule has 0 aliphatic heterocycles. The normalized spacial score (nSPS) is 12.9. The Morgan fingerprint density at radius 1 is 1.80 bits per heavy atom. The van der Waals surface area contributed by atoms with Crippen LogP contribution in [-0.2, 0) is 11.2 Å². The lowest BCUT2D eigenvalue weighted by Gasteiger charge is -1.97. The molecule has 0 saturated carbocycles. The Labute approximate surface area is 64.7 Å². The molecule has 1 aromatic heterocycles. The van der Waals surface area contributed by atoms with Gasteiger partial charge in [-0.25, -0.2) is 0 Å². The maximum Gasteiger partial charge on any atom is 0.123 e. The SMILES string of the molecule is C[C@H](C=O)Cc1cccs1. The fraction of sp³-hybridized carbons (Fsp3) is 0.375. The molecule has 2 heteroatoms. The number of carbonyl (C=O) groups excluding carboxylic acids is 1. The van der Waals surface area contributed by atoms with Crippen LogP contribution in [-0.4, -0.2) is 6.29 Å². The Hall–Kier alpha value is -0.630. The molecule has 0 radical (unpaired) electrons. The van der Waals surface area contributed by atoms with Crippen LogP contribution in [0.15, 0.2) is 17.5 Å². The molecule has 10 heavy (non-hydrogen) atoms. The maximum atomic E-state index is 10.2. The molecule has 54 valence electrons. The van der Waals surface area contributed by atoms with Gasteiger partial charge in [0.25, 0.3) is 0 Å². The van der Waals surface area contributed by atoms with Gasteiger partial charge in [0.05, 0.1) is 0 Å². The first-order valence-electron chi connectivity index (χ1n) is 3.30. The van der Waals surface area contributed by atoms with Crippen LogP contribution in [0.5, 0.6) is 0 Å². The Kier molecular flexibility index (Phi) is 2.63. The van der Waals surface area contributed by atoms with Crippen LogP contribution in [0.25, 0.3) is 0 Å². The van der Waals surface area contributed by atoms with Crippen LogP contribution < -0.4 is 0 Å². The van der Waals surface area contributed by atoms with Crippen molar-refractivity contribution in [1.82, 2.24) is 0 Å². The molecule has 0 aliphatic carbocycles. The van der Waals surface area contributed by atoms with Crippen LogP contribution in [0.1, 0.15) is 11.8 Å². The molecule has 1 aromatic rings. The van der Waals surface area contributed by atoms with Crippen LogP contribution in [0.2, 0.25) is 0 Å². The highest BCUT2D eigenvalue weighted by atomic mass is 32.1. The molecule has 0 spiro atoms. The van der Waals surface area contributed by atoms with Gasteiger partial charge < -0.3 is 4.79 Å². The van der Waals surface area contributed by atoms with E-state index in [1.165, 1.54) is 4.88 Å². The van der Waals surface area contributed by atoms with Gasteiger partial charge in [-0.3, -0.25) is 0 Å². The molecule has 1 atom stereocenters. The van der Waals surface area contributed by atoms with E-state index in [0.29, 0.717) is 0 Å². The van der Waals surface area contributed by atoms with Crippen molar-refractivity contribution < 1.29 is 4.79 Å². The Morgan fingerprint density at radius 3 is 3.10 bits per heavy atom. The first-order valence-corrected chi connectivity index (χ1v) is 4.18. The Bertz CT molecular complexity index is 191. The quantitative estimate of drug-likeness (QED) is 0.609. The molecule has 0 aromatic carbocycles. The van der Waals surface area contributed by atoms with Gasteiger partial charge in [0.15, 0.2) is 0 Å². The minimum atomic E-state index is 0.165. The number of carbonyl (C=O) groups is 1. The van der Waals surface area contributed by atoms with Crippen molar-refractivity contribution in [2.24, 2.45) is 5.92 Å². The van der Waals surface area contributed by atoms with Crippen molar-refractivity contribution in [3.05, 3.63) is 22.4 Å². The van der Waals surface area contributed by atoms with E-state index in [4.69, 9.17) is 0 Å². The van der Waals surface area contributed by atoms with E-state index >= 15 is 0 Å². The van der Waals surface area contributed by atoms with Crippen molar-refractivity contribution in [2.45, 2.75) is 13.3 Å². The number of thiophene rings is 1. The molecular formula is C8H10OS. The molecule has 1 nitrogen and oxygen atoms in total. The number of hydrogen-bond acceptors (Lipinski definition) is 2. The van der Waals surface area contributed by atoms with E-state index in [1.54, 1.807) is 11.3 Å². The summed E-state index contributed by atoms with van der Waals surface area (Å²) in [6.07, 6.45) is 1.89. The maximum absolute atomic E-state index is 10.2. The van der Waals surface area contributed by atoms with E-state index in [1.807, 2.05) is 18.4 Å². The molecule has 1 rings (SSSR count). The molecule has 0 amide bonds. The van der Waals surface area contributed by atoms with Crippen LogP contribution in [0.4, 0.5) is 0 Å². The first-order chi connectivity index (χ1) is 4.83. The molecule has 0 aliphatic rings. The summed E-state index contributed by atoms with van der Waals surface area (Å²) in [4.78, 5) is 11.5. The van der Waals surface area contributed by atoms with Crippen LogP contribution in [0, 0.1) is 5.92 Å².